The van der Waals surface area contributed by atoms with Crippen LogP contribution in [0.25, 0.3) is 16.9 Å². The van der Waals surface area contributed by atoms with Gasteiger partial charge in [-0.25, -0.2) is 9.97 Å². The Labute approximate surface area is 121 Å². The monoisotopic (exact) mass is 284 g/mol. The van der Waals surface area contributed by atoms with Gasteiger partial charge in [0.1, 0.15) is 11.8 Å². The molecule has 108 valence electrons. The van der Waals surface area contributed by atoms with Crippen LogP contribution in [0.3, 0.4) is 0 Å². The summed E-state index contributed by atoms with van der Waals surface area (Å²) in [4.78, 5) is 15.7. The highest BCUT2D eigenvalue weighted by atomic mass is 15.3. The normalized spacial score (nSPS) is 15.8. The van der Waals surface area contributed by atoms with Crippen LogP contribution in [0.15, 0.2) is 24.9 Å². The lowest BCUT2D eigenvalue weighted by atomic mass is 10.4. The number of nitrogens with one attached hydrogen (secondary N) is 1. The molecule has 1 fully saturated rings. The maximum atomic E-state index is 4.69. The summed E-state index contributed by atoms with van der Waals surface area (Å²) in [6.07, 6.45) is 7.28. The average molecular weight is 284 g/mol. The molecule has 1 aliphatic heterocycles. The van der Waals surface area contributed by atoms with Crippen LogP contribution >= 0.6 is 0 Å². The summed E-state index contributed by atoms with van der Waals surface area (Å²) in [5.74, 6) is 0.759. The number of imidazole rings is 1. The molecule has 0 atom stereocenters. The maximum Gasteiger partial charge on any atom is 0.227 e. The first-order valence-corrected chi connectivity index (χ1v) is 6.96. The van der Waals surface area contributed by atoms with Gasteiger partial charge >= 0.3 is 0 Å². The quantitative estimate of drug-likeness (QED) is 0.711. The molecular formula is C13H16N8. The molecule has 4 rings (SSSR count). The minimum atomic E-state index is 0.759. The molecule has 4 heterocycles. The van der Waals surface area contributed by atoms with Crippen molar-refractivity contribution >= 4 is 17.1 Å². The molecule has 0 unspecified atom stereocenters. The number of hydrogen-bond donors (Lipinski definition) is 1. The lowest BCUT2D eigenvalue weighted by Crippen LogP contribution is -2.44. The van der Waals surface area contributed by atoms with E-state index < -0.39 is 0 Å². The van der Waals surface area contributed by atoms with Crippen molar-refractivity contribution in [2.24, 2.45) is 7.05 Å². The van der Waals surface area contributed by atoms with Gasteiger partial charge in [0.05, 0.1) is 18.1 Å². The third-order valence-electron chi connectivity index (χ3n) is 3.65. The van der Waals surface area contributed by atoms with Crippen LogP contribution in [0.5, 0.6) is 0 Å². The van der Waals surface area contributed by atoms with Gasteiger partial charge in [0.2, 0.25) is 5.95 Å². The summed E-state index contributed by atoms with van der Waals surface area (Å²) < 4.78 is 3.70. The van der Waals surface area contributed by atoms with E-state index in [4.69, 9.17) is 4.98 Å². The molecule has 0 amide bonds. The van der Waals surface area contributed by atoms with E-state index in [1.54, 1.807) is 23.4 Å². The van der Waals surface area contributed by atoms with E-state index in [9.17, 15) is 0 Å². The number of rotatable bonds is 2. The van der Waals surface area contributed by atoms with Gasteiger partial charge in [-0.05, 0) is 0 Å². The Kier molecular flexibility index (Phi) is 2.81. The second kappa shape index (κ2) is 4.81. The zero-order valence-corrected chi connectivity index (χ0v) is 11.8. The van der Waals surface area contributed by atoms with Crippen molar-refractivity contribution in [3.63, 3.8) is 0 Å². The highest BCUT2D eigenvalue weighted by Crippen LogP contribution is 2.18. The first-order valence-electron chi connectivity index (χ1n) is 6.96. The van der Waals surface area contributed by atoms with Crippen LogP contribution in [-0.2, 0) is 7.05 Å². The fourth-order valence-electron chi connectivity index (χ4n) is 2.54. The summed E-state index contributed by atoms with van der Waals surface area (Å²) >= 11 is 0. The van der Waals surface area contributed by atoms with Crippen LogP contribution in [0.4, 0.5) is 5.95 Å². The molecule has 21 heavy (non-hydrogen) atoms. The Morgan fingerprint density at radius 2 is 2.00 bits per heavy atom. The molecule has 8 nitrogen and oxygen atoms in total. The molecule has 3 aromatic rings. The van der Waals surface area contributed by atoms with E-state index in [-0.39, 0.29) is 0 Å². The van der Waals surface area contributed by atoms with Crippen molar-refractivity contribution in [2.45, 2.75) is 0 Å². The van der Waals surface area contributed by atoms with Gasteiger partial charge in [-0.1, -0.05) is 0 Å². The average Bonchev–Trinajstić information content (AvgIpc) is 3.13. The van der Waals surface area contributed by atoms with Gasteiger partial charge in [0.25, 0.3) is 0 Å². The Morgan fingerprint density at radius 3 is 2.76 bits per heavy atom. The molecule has 8 heteroatoms. The molecule has 1 aliphatic rings. The number of piperazine rings is 1. The summed E-state index contributed by atoms with van der Waals surface area (Å²) in [6.45, 7) is 3.77. The Bertz CT molecular complexity index is 767. The number of aromatic nitrogens is 6. The zero-order valence-electron chi connectivity index (χ0n) is 11.8. The zero-order chi connectivity index (χ0) is 14.2. The number of nitrogens with zero attached hydrogens (tertiary/aromatic N) is 7. The minimum Gasteiger partial charge on any atom is -0.338 e. The van der Waals surface area contributed by atoms with Crippen molar-refractivity contribution in [1.82, 2.24) is 34.6 Å². The van der Waals surface area contributed by atoms with Crippen molar-refractivity contribution in [3.8, 4) is 5.69 Å². The van der Waals surface area contributed by atoms with E-state index in [0.29, 0.717) is 0 Å². The molecule has 1 N–H and O–H groups in total. The van der Waals surface area contributed by atoms with E-state index in [1.807, 2.05) is 17.8 Å². The summed E-state index contributed by atoms with van der Waals surface area (Å²) in [7, 11) is 1.89. The van der Waals surface area contributed by atoms with Crippen LogP contribution in [0, 0.1) is 0 Å². The predicted octanol–water partition coefficient (Wildman–Crippen LogP) is -0.0414. The number of anilines is 1. The lowest BCUT2D eigenvalue weighted by molar-refractivity contribution is 0.580. The van der Waals surface area contributed by atoms with Crippen molar-refractivity contribution < 1.29 is 0 Å². The highest BCUT2D eigenvalue weighted by Gasteiger charge is 2.15. The van der Waals surface area contributed by atoms with Crippen molar-refractivity contribution in [2.75, 3.05) is 31.1 Å². The van der Waals surface area contributed by atoms with E-state index >= 15 is 0 Å². The Balaban J connectivity index is 1.78. The van der Waals surface area contributed by atoms with E-state index in [1.165, 1.54) is 0 Å². The topological polar surface area (TPSA) is 76.7 Å². The van der Waals surface area contributed by atoms with Crippen LogP contribution in [0.2, 0.25) is 0 Å². The van der Waals surface area contributed by atoms with E-state index in [0.717, 1.165) is 49.0 Å². The summed E-state index contributed by atoms with van der Waals surface area (Å²) in [6, 6.07) is 0. The largest absolute Gasteiger partial charge is 0.338 e. The maximum absolute atomic E-state index is 4.69. The fourth-order valence-corrected chi connectivity index (χ4v) is 2.54. The standard InChI is InChI=1S/C13H16N8/c1-19-8-10(6-17-19)21-9-16-11-7-15-13(18-12(11)21)20-4-2-14-3-5-20/h6-9,14H,2-5H2,1H3. The Hall–Kier alpha value is -2.48. The fraction of sp³-hybridized carbons (Fsp3) is 0.385. The molecular weight excluding hydrogens is 268 g/mol. The predicted molar refractivity (Wildman–Crippen MR) is 78.5 cm³/mol. The first kappa shape index (κ1) is 12.3. The lowest BCUT2D eigenvalue weighted by Gasteiger charge is -2.27. The third-order valence-corrected chi connectivity index (χ3v) is 3.65. The second-order valence-corrected chi connectivity index (χ2v) is 5.10. The van der Waals surface area contributed by atoms with E-state index in [2.05, 4.69) is 25.3 Å². The molecule has 0 radical (unpaired) electrons. The van der Waals surface area contributed by atoms with Crippen molar-refractivity contribution in [1.29, 1.82) is 0 Å². The molecule has 0 spiro atoms. The second-order valence-electron chi connectivity index (χ2n) is 5.10. The molecule has 0 bridgehead atoms. The first-order chi connectivity index (χ1) is 10.3. The van der Waals surface area contributed by atoms with Gasteiger partial charge in [-0.3, -0.25) is 9.25 Å². The molecule has 0 aromatic carbocycles. The molecule has 3 aromatic heterocycles. The van der Waals surface area contributed by atoms with Crippen molar-refractivity contribution in [3.05, 3.63) is 24.9 Å². The van der Waals surface area contributed by atoms with Gasteiger partial charge < -0.3 is 10.2 Å². The molecule has 1 saturated heterocycles. The molecule has 0 saturated carbocycles. The number of aryl methyl sites for hydroxylation is 1. The minimum absolute atomic E-state index is 0.759. The summed E-state index contributed by atoms with van der Waals surface area (Å²) in [5, 5.41) is 7.53. The van der Waals surface area contributed by atoms with Gasteiger partial charge in [-0.15, -0.1) is 0 Å². The SMILES string of the molecule is Cn1cc(-n2cnc3cnc(N4CCNCC4)nc32)cn1. The van der Waals surface area contributed by atoms with Gasteiger partial charge in [-0.2, -0.15) is 10.1 Å². The van der Waals surface area contributed by atoms with Crippen LogP contribution in [0.1, 0.15) is 0 Å². The molecule has 0 aliphatic carbocycles. The third kappa shape index (κ3) is 2.13. The van der Waals surface area contributed by atoms with Gasteiger partial charge in [0.15, 0.2) is 5.65 Å². The van der Waals surface area contributed by atoms with Crippen LogP contribution < -0.4 is 10.2 Å². The summed E-state index contributed by atoms with van der Waals surface area (Å²) in [5.41, 5.74) is 2.55. The van der Waals surface area contributed by atoms with Crippen LogP contribution in [-0.4, -0.2) is 55.5 Å². The smallest absolute Gasteiger partial charge is 0.227 e. The highest BCUT2D eigenvalue weighted by molar-refractivity contribution is 5.73. The van der Waals surface area contributed by atoms with Gasteiger partial charge in [0, 0.05) is 39.4 Å². The Morgan fingerprint density at radius 1 is 1.14 bits per heavy atom. The number of hydrogen-bond acceptors (Lipinski definition) is 6. The number of fused-ring (bicyclic) bond motifs is 1.